The van der Waals surface area contributed by atoms with E-state index in [1.165, 1.54) is 0 Å². The summed E-state index contributed by atoms with van der Waals surface area (Å²) < 4.78 is 7.40. The molecule has 2 aromatic carbocycles. The second kappa shape index (κ2) is 7.59. The lowest BCUT2D eigenvalue weighted by molar-refractivity contribution is -0.138. The molecule has 0 aliphatic carbocycles. The van der Waals surface area contributed by atoms with Crippen LogP contribution in [0.15, 0.2) is 54.7 Å². The lowest BCUT2D eigenvalue weighted by atomic mass is 10.1. The van der Waals surface area contributed by atoms with Crippen molar-refractivity contribution in [2.24, 2.45) is 0 Å². The molecule has 0 amide bonds. The number of hydrogen-bond donors (Lipinski definition) is 2. The maximum absolute atomic E-state index is 11.3. The van der Waals surface area contributed by atoms with Gasteiger partial charge in [0.15, 0.2) is 0 Å². The van der Waals surface area contributed by atoms with Gasteiger partial charge in [-0.1, -0.05) is 30.3 Å². The molecule has 3 rings (SSSR count). The molecule has 0 spiro atoms. The van der Waals surface area contributed by atoms with Gasteiger partial charge in [0.2, 0.25) is 0 Å². The standard InChI is InChI=1S/C19H19ClN2O3/c1-25-15-6-4-5-13(9-15)11-22-12-14(10-17(21-20)19(23)24)16-7-2-3-8-18(16)22/h2-9,12,17,21H,10-11H2,1H3,(H,23,24). The van der Waals surface area contributed by atoms with E-state index in [1.54, 1.807) is 7.11 Å². The third kappa shape index (κ3) is 3.78. The number of rotatable bonds is 7. The number of carbonyl (C=O) groups is 1. The molecule has 1 heterocycles. The van der Waals surface area contributed by atoms with E-state index in [0.29, 0.717) is 13.0 Å². The minimum atomic E-state index is -0.973. The summed E-state index contributed by atoms with van der Waals surface area (Å²) in [5.74, 6) is -0.161. The predicted octanol–water partition coefficient (Wildman–Crippen LogP) is 3.44. The van der Waals surface area contributed by atoms with Crippen molar-refractivity contribution in [1.29, 1.82) is 0 Å². The molecule has 1 atom stereocenters. The second-order valence-corrected chi connectivity index (χ2v) is 6.07. The highest BCUT2D eigenvalue weighted by Crippen LogP contribution is 2.24. The molecule has 0 bridgehead atoms. The van der Waals surface area contributed by atoms with Crippen LogP contribution in [-0.4, -0.2) is 28.8 Å². The lowest BCUT2D eigenvalue weighted by Gasteiger charge is -2.08. The van der Waals surface area contributed by atoms with Gasteiger partial charge in [0, 0.05) is 30.1 Å². The van der Waals surface area contributed by atoms with E-state index < -0.39 is 12.0 Å². The first kappa shape index (κ1) is 17.3. The van der Waals surface area contributed by atoms with Gasteiger partial charge in [0.1, 0.15) is 11.8 Å². The zero-order valence-electron chi connectivity index (χ0n) is 13.8. The Morgan fingerprint density at radius 1 is 1.28 bits per heavy atom. The zero-order chi connectivity index (χ0) is 17.8. The van der Waals surface area contributed by atoms with Gasteiger partial charge in [-0.2, -0.15) is 0 Å². The molecule has 1 unspecified atom stereocenters. The molecule has 6 heteroatoms. The molecular formula is C19H19ClN2O3. The number of methoxy groups -OCH3 is 1. The molecule has 5 nitrogen and oxygen atoms in total. The predicted molar refractivity (Wildman–Crippen MR) is 98.2 cm³/mol. The fourth-order valence-corrected chi connectivity index (χ4v) is 3.15. The largest absolute Gasteiger partial charge is 0.497 e. The number of benzene rings is 2. The molecule has 3 aromatic rings. The van der Waals surface area contributed by atoms with Gasteiger partial charge in [-0.05, 0) is 41.1 Å². The third-order valence-electron chi connectivity index (χ3n) is 4.21. The average Bonchev–Trinajstić information content (AvgIpc) is 2.97. The number of hydrogen-bond acceptors (Lipinski definition) is 3. The van der Waals surface area contributed by atoms with E-state index in [4.69, 9.17) is 16.5 Å². The minimum absolute atomic E-state index is 0.310. The molecule has 0 aliphatic heterocycles. The first-order valence-electron chi connectivity index (χ1n) is 7.91. The normalized spacial score (nSPS) is 12.2. The molecule has 1 aromatic heterocycles. The van der Waals surface area contributed by atoms with E-state index in [1.807, 2.05) is 54.7 Å². The highest BCUT2D eigenvalue weighted by atomic mass is 35.5. The highest BCUT2D eigenvalue weighted by molar-refractivity contribution is 6.14. The maximum Gasteiger partial charge on any atom is 0.322 e. The number of carboxylic acid groups (broad SMARTS) is 1. The first-order chi connectivity index (χ1) is 12.1. The van der Waals surface area contributed by atoms with Crippen molar-refractivity contribution in [3.63, 3.8) is 0 Å². The van der Waals surface area contributed by atoms with Crippen molar-refractivity contribution in [3.8, 4) is 5.75 Å². The van der Waals surface area contributed by atoms with Crippen molar-refractivity contribution >= 4 is 28.6 Å². The van der Waals surface area contributed by atoms with Crippen LogP contribution in [0.3, 0.4) is 0 Å². The molecule has 0 radical (unpaired) electrons. The molecule has 2 N–H and O–H groups in total. The number of carboxylic acids is 1. The Hall–Kier alpha value is -2.50. The number of aliphatic carboxylic acids is 1. The average molecular weight is 359 g/mol. The topological polar surface area (TPSA) is 63.5 Å². The van der Waals surface area contributed by atoms with Gasteiger partial charge in [-0.25, -0.2) is 4.84 Å². The van der Waals surface area contributed by atoms with Crippen LogP contribution in [0.5, 0.6) is 5.75 Å². The van der Waals surface area contributed by atoms with Gasteiger partial charge in [0.05, 0.1) is 7.11 Å². The highest BCUT2D eigenvalue weighted by Gasteiger charge is 2.19. The Balaban J connectivity index is 1.97. The van der Waals surface area contributed by atoms with Crippen molar-refractivity contribution in [2.75, 3.05) is 7.11 Å². The van der Waals surface area contributed by atoms with Crippen molar-refractivity contribution in [3.05, 3.63) is 65.9 Å². The Bertz CT molecular complexity index is 891. The fraction of sp³-hybridized carbons (Fsp3) is 0.211. The lowest BCUT2D eigenvalue weighted by Crippen LogP contribution is -2.32. The summed E-state index contributed by atoms with van der Waals surface area (Å²) in [6, 6.07) is 15.0. The van der Waals surface area contributed by atoms with Crippen molar-refractivity contribution < 1.29 is 14.6 Å². The monoisotopic (exact) mass is 358 g/mol. The SMILES string of the molecule is COc1cccc(Cn2cc(CC(NCl)C(=O)O)c3ccccc32)c1. The number of aromatic nitrogens is 1. The van der Waals surface area contributed by atoms with Gasteiger partial charge in [-0.3, -0.25) is 4.79 Å². The summed E-state index contributed by atoms with van der Waals surface area (Å²) >= 11 is 5.58. The Morgan fingerprint density at radius 3 is 2.80 bits per heavy atom. The molecule has 0 saturated carbocycles. The number of para-hydroxylation sites is 1. The molecule has 0 aliphatic rings. The van der Waals surface area contributed by atoms with Crippen molar-refractivity contribution in [1.82, 2.24) is 9.40 Å². The number of fused-ring (bicyclic) bond motifs is 1. The molecular weight excluding hydrogens is 340 g/mol. The quantitative estimate of drug-likeness (QED) is 0.635. The van der Waals surface area contributed by atoms with E-state index in [2.05, 4.69) is 9.40 Å². The van der Waals surface area contributed by atoms with Crippen LogP contribution in [0.4, 0.5) is 0 Å². The number of nitrogens with zero attached hydrogens (tertiary/aromatic N) is 1. The molecule has 130 valence electrons. The van der Waals surface area contributed by atoms with Gasteiger partial charge in [0.25, 0.3) is 0 Å². The summed E-state index contributed by atoms with van der Waals surface area (Å²) in [5, 5.41) is 10.3. The third-order valence-corrected chi connectivity index (χ3v) is 4.48. The van der Waals surface area contributed by atoms with Gasteiger partial charge in [-0.15, -0.1) is 0 Å². The minimum Gasteiger partial charge on any atom is -0.497 e. The smallest absolute Gasteiger partial charge is 0.322 e. The summed E-state index contributed by atoms with van der Waals surface area (Å²) in [5.41, 5.74) is 3.11. The molecule has 0 fully saturated rings. The first-order valence-corrected chi connectivity index (χ1v) is 8.29. The van der Waals surface area contributed by atoms with Crippen LogP contribution in [0.2, 0.25) is 0 Å². The summed E-state index contributed by atoms with van der Waals surface area (Å²) in [7, 11) is 1.65. The van der Waals surface area contributed by atoms with Crippen LogP contribution < -0.4 is 9.57 Å². The molecule has 25 heavy (non-hydrogen) atoms. The van der Waals surface area contributed by atoms with Crippen LogP contribution in [0.1, 0.15) is 11.1 Å². The van der Waals surface area contributed by atoms with E-state index in [9.17, 15) is 9.90 Å². The van der Waals surface area contributed by atoms with Gasteiger partial charge >= 0.3 is 5.97 Å². The summed E-state index contributed by atoms with van der Waals surface area (Å²) in [4.78, 5) is 13.6. The van der Waals surface area contributed by atoms with Crippen molar-refractivity contribution in [2.45, 2.75) is 19.0 Å². The number of halogens is 1. The fourth-order valence-electron chi connectivity index (χ4n) is 2.98. The Morgan fingerprint density at radius 2 is 2.08 bits per heavy atom. The summed E-state index contributed by atoms with van der Waals surface area (Å²) in [6.45, 7) is 0.670. The Labute approximate surface area is 150 Å². The van der Waals surface area contributed by atoms with Crippen LogP contribution in [0, 0.1) is 0 Å². The zero-order valence-corrected chi connectivity index (χ0v) is 14.5. The van der Waals surface area contributed by atoms with E-state index in [-0.39, 0.29) is 0 Å². The second-order valence-electron chi connectivity index (χ2n) is 5.85. The number of nitrogens with one attached hydrogen (secondary N) is 1. The maximum atomic E-state index is 11.3. The van der Waals surface area contributed by atoms with Crippen LogP contribution in [-0.2, 0) is 17.8 Å². The molecule has 0 saturated heterocycles. The Kier molecular flexibility index (Phi) is 5.26. The van der Waals surface area contributed by atoms with Gasteiger partial charge < -0.3 is 14.4 Å². The van der Waals surface area contributed by atoms with Crippen LogP contribution in [0.25, 0.3) is 10.9 Å². The number of ether oxygens (including phenoxy) is 1. The van der Waals surface area contributed by atoms with E-state index in [0.717, 1.165) is 27.8 Å². The van der Waals surface area contributed by atoms with Crippen LogP contribution >= 0.6 is 11.8 Å². The summed E-state index contributed by atoms with van der Waals surface area (Å²) in [6.07, 6.45) is 2.30. The van der Waals surface area contributed by atoms with E-state index >= 15 is 0 Å².